The van der Waals surface area contributed by atoms with E-state index in [2.05, 4.69) is 5.32 Å². The van der Waals surface area contributed by atoms with Crippen LogP contribution in [0.5, 0.6) is 0 Å². The number of para-hydroxylation sites is 1. The number of carbonyl (C=O) groups excluding carboxylic acids is 1. The molecule has 3 rings (SSSR count). The Labute approximate surface area is 122 Å². The van der Waals surface area contributed by atoms with Gasteiger partial charge in [-0.3, -0.25) is 4.79 Å². The monoisotopic (exact) mass is 284 g/mol. The van der Waals surface area contributed by atoms with Gasteiger partial charge in [-0.15, -0.1) is 0 Å². The summed E-state index contributed by atoms with van der Waals surface area (Å²) in [7, 11) is 0. The fourth-order valence-corrected chi connectivity index (χ4v) is 2.36. The Morgan fingerprint density at radius 3 is 2.60 bits per heavy atom. The topological polar surface area (TPSA) is 32.3 Å². The molecular formula is C16H13ClN2O. The maximum atomic E-state index is 12.0. The smallest absolute Gasteiger partial charge is 0.253 e. The Morgan fingerprint density at radius 1 is 1.05 bits per heavy atom. The van der Waals surface area contributed by atoms with Gasteiger partial charge in [-0.1, -0.05) is 35.9 Å². The zero-order chi connectivity index (χ0) is 13.9. The predicted molar refractivity (Wildman–Crippen MR) is 82.0 cm³/mol. The molecule has 0 atom stereocenters. The summed E-state index contributed by atoms with van der Waals surface area (Å²) in [6.07, 6.45) is 1.62. The zero-order valence-corrected chi connectivity index (χ0v) is 11.5. The van der Waals surface area contributed by atoms with Crippen molar-refractivity contribution in [1.29, 1.82) is 0 Å². The molecule has 1 aliphatic heterocycles. The number of rotatable bonds is 3. The van der Waals surface area contributed by atoms with Crippen molar-refractivity contribution in [3.05, 3.63) is 71.4 Å². The highest BCUT2D eigenvalue weighted by Crippen LogP contribution is 2.23. The first kappa shape index (κ1) is 12.8. The minimum Gasteiger partial charge on any atom is -0.357 e. The summed E-state index contributed by atoms with van der Waals surface area (Å²) >= 11 is 5.95. The minimum absolute atomic E-state index is 0.0132. The number of hydrogen-bond donors (Lipinski definition) is 1. The quantitative estimate of drug-likeness (QED) is 0.932. The molecule has 0 saturated carbocycles. The van der Waals surface area contributed by atoms with Crippen LogP contribution in [0.15, 0.2) is 66.4 Å². The number of nitrogens with one attached hydrogen (secondary N) is 1. The average Bonchev–Trinajstić information content (AvgIpc) is 2.80. The van der Waals surface area contributed by atoms with E-state index in [-0.39, 0.29) is 5.91 Å². The van der Waals surface area contributed by atoms with Crippen molar-refractivity contribution in [3.8, 4) is 0 Å². The van der Waals surface area contributed by atoms with Crippen LogP contribution in [0.4, 0.5) is 11.4 Å². The molecular weight excluding hydrogens is 272 g/mol. The van der Waals surface area contributed by atoms with Crippen molar-refractivity contribution in [2.75, 3.05) is 16.8 Å². The van der Waals surface area contributed by atoms with Crippen LogP contribution in [0.2, 0.25) is 5.02 Å². The van der Waals surface area contributed by atoms with Crippen LogP contribution in [0.1, 0.15) is 0 Å². The lowest BCUT2D eigenvalue weighted by atomic mass is 10.3. The zero-order valence-electron chi connectivity index (χ0n) is 10.7. The third-order valence-corrected chi connectivity index (χ3v) is 3.32. The minimum atomic E-state index is -0.0132. The molecule has 1 amide bonds. The van der Waals surface area contributed by atoms with Gasteiger partial charge in [0.1, 0.15) is 0 Å². The van der Waals surface area contributed by atoms with Crippen molar-refractivity contribution in [2.45, 2.75) is 0 Å². The molecule has 0 radical (unpaired) electrons. The molecule has 3 nitrogen and oxygen atoms in total. The lowest BCUT2D eigenvalue weighted by Crippen LogP contribution is -2.25. The second kappa shape index (κ2) is 5.39. The first-order chi connectivity index (χ1) is 9.72. The van der Waals surface area contributed by atoms with E-state index >= 15 is 0 Å². The molecule has 0 saturated heterocycles. The second-order valence-electron chi connectivity index (χ2n) is 4.56. The van der Waals surface area contributed by atoms with Gasteiger partial charge in [0.2, 0.25) is 0 Å². The molecule has 0 spiro atoms. The molecule has 20 heavy (non-hydrogen) atoms. The summed E-state index contributed by atoms with van der Waals surface area (Å²) in [5, 5.41) is 3.89. The van der Waals surface area contributed by atoms with Gasteiger partial charge in [0.25, 0.3) is 5.91 Å². The first-order valence-corrected chi connectivity index (χ1v) is 6.70. The fraction of sp³-hybridized carbons (Fsp3) is 0.0625. The summed E-state index contributed by atoms with van der Waals surface area (Å²) in [6.45, 7) is 0.537. The fourth-order valence-electron chi connectivity index (χ4n) is 2.17. The number of benzene rings is 2. The van der Waals surface area contributed by atoms with Gasteiger partial charge in [0, 0.05) is 28.2 Å². The van der Waals surface area contributed by atoms with Crippen LogP contribution in [0, 0.1) is 0 Å². The van der Waals surface area contributed by atoms with Crippen LogP contribution in [-0.2, 0) is 4.79 Å². The molecule has 0 fully saturated rings. The van der Waals surface area contributed by atoms with Gasteiger partial charge in [-0.2, -0.15) is 0 Å². The summed E-state index contributed by atoms with van der Waals surface area (Å²) in [4.78, 5) is 13.8. The van der Waals surface area contributed by atoms with E-state index in [4.69, 9.17) is 11.6 Å². The largest absolute Gasteiger partial charge is 0.357 e. The molecule has 0 unspecified atom stereocenters. The lowest BCUT2D eigenvalue weighted by Gasteiger charge is -2.17. The molecule has 4 heteroatoms. The van der Waals surface area contributed by atoms with Gasteiger partial charge in [-0.05, 0) is 30.3 Å². The maximum absolute atomic E-state index is 12.0. The Morgan fingerprint density at radius 2 is 1.85 bits per heavy atom. The lowest BCUT2D eigenvalue weighted by molar-refractivity contribution is -0.113. The van der Waals surface area contributed by atoms with Crippen LogP contribution in [0.25, 0.3) is 0 Å². The number of carbonyl (C=O) groups is 1. The van der Waals surface area contributed by atoms with Crippen molar-refractivity contribution >= 4 is 28.9 Å². The number of amides is 1. The third kappa shape index (κ3) is 2.68. The number of hydrogen-bond acceptors (Lipinski definition) is 2. The SMILES string of the molecule is O=C1C=C(Nc2cccc(Cl)c2)CN1c1ccccc1. The molecule has 1 N–H and O–H groups in total. The van der Waals surface area contributed by atoms with E-state index in [0.717, 1.165) is 17.1 Å². The summed E-state index contributed by atoms with van der Waals surface area (Å²) in [5.41, 5.74) is 2.64. The molecule has 2 aromatic carbocycles. The Kier molecular flexibility index (Phi) is 3.44. The maximum Gasteiger partial charge on any atom is 0.253 e. The number of anilines is 2. The van der Waals surface area contributed by atoms with Crippen LogP contribution < -0.4 is 10.2 Å². The molecule has 0 aliphatic carbocycles. The van der Waals surface area contributed by atoms with E-state index in [1.54, 1.807) is 11.0 Å². The van der Waals surface area contributed by atoms with Crippen molar-refractivity contribution in [2.24, 2.45) is 0 Å². The van der Waals surface area contributed by atoms with Gasteiger partial charge < -0.3 is 10.2 Å². The summed E-state index contributed by atoms with van der Waals surface area (Å²) in [6, 6.07) is 17.1. The van der Waals surface area contributed by atoms with E-state index in [0.29, 0.717) is 11.6 Å². The van der Waals surface area contributed by atoms with E-state index in [9.17, 15) is 4.79 Å². The van der Waals surface area contributed by atoms with Gasteiger partial charge in [0.15, 0.2) is 0 Å². The van der Waals surface area contributed by atoms with E-state index in [1.807, 2.05) is 54.6 Å². The van der Waals surface area contributed by atoms with Crippen molar-refractivity contribution < 1.29 is 4.79 Å². The molecule has 1 aliphatic rings. The third-order valence-electron chi connectivity index (χ3n) is 3.09. The summed E-state index contributed by atoms with van der Waals surface area (Å²) < 4.78 is 0. The van der Waals surface area contributed by atoms with Crippen LogP contribution in [-0.4, -0.2) is 12.5 Å². The highest BCUT2D eigenvalue weighted by molar-refractivity contribution is 6.30. The van der Waals surface area contributed by atoms with Crippen molar-refractivity contribution in [1.82, 2.24) is 0 Å². The molecule has 0 aromatic heterocycles. The molecule has 1 heterocycles. The number of halogens is 1. The van der Waals surface area contributed by atoms with Crippen LogP contribution in [0.3, 0.4) is 0 Å². The Bertz CT molecular complexity index is 667. The molecule has 100 valence electrons. The highest BCUT2D eigenvalue weighted by atomic mass is 35.5. The highest BCUT2D eigenvalue weighted by Gasteiger charge is 2.22. The van der Waals surface area contributed by atoms with Gasteiger partial charge in [0.05, 0.1) is 6.54 Å². The number of nitrogens with zero attached hydrogens (tertiary/aromatic N) is 1. The predicted octanol–water partition coefficient (Wildman–Crippen LogP) is 3.68. The van der Waals surface area contributed by atoms with E-state index in [1.165, 1.54) is 0 Å². The Balaban J connectivity index is 1.75. The summed E-state index contributed by atoms with van der Waals surface area (Å²) in [5.74, 6) is -0.0132. The van der Waals surface area contributed by atoms with Crippen molar-refractivity contribution in [3.63, 3.8) is 0 Å². The van der Waals surface area contributed by atoms with Crippen LogP contribution >= 0.6 is 11.6 Å². The van der Waals surface area contributed by atoms with Gasteiger partial charge in [-0.25, -0.2) is 0 Å². The average molecular weight is 285 g/mol. The van der Waals surface area contributed by atoms with Gasteiger partial charge >= 0.3 is 0 Å². The van der Waals surface area contributed by atoms with E-state index < -0.39 is 0 Å². The Hall–Kier alpha value is -2.26. The second-order valence-corrected chi connectivity index (χ2v) is 5.00. The standard InChI is InChI=1S/C16H13ClN2O/c17-12-5-4-6-13(9-12)18-14-10-16(20)19(11-14)15-7-2-1-3-8-15/h1-10,18H,11H2. The normalized spacial score (nSPS) is 14.3. The molecule has 0 bridgehead atoms. The first-order valence-electron chi connectivity index (χ1n) is 6.32. The molecule has 2 aromatic rings.